The number of aromatic nitrogens is 2. The number of rotatable bonds is 3. The smallest absolute Gasteiger partial charge is 0.226 e. The summed E-state index contributed by atoms with van der Waals surface area (Å²) in [5.41, 5.74) is 4.83. The summed E-state index contributed by atoms with van der Waals surface area (Å²) >= 11 is 0. The van der Waals surface area contributed by atoms with Gasteiger partial charge in [0.1, 0.15) is 0 Å². The van der Waals surface area contributed by atoms with E-state index in [0.29, 0.717) is 12.3 Å². The Morgan fingerprint density at radius 1 is 1.26 bits per heavy atom. The van der Waals surface area contributed by atoms with E-state index in [1.54, 1.807) is 0 Å². The molecule has 4 heteroatoms. The molecule has 1 aliphatic carbocycles. The third kappa shape index (κ3) is 2.58. The van der Waals surface area contributed by atoms with Gasteiger partial charge in [-0.3, -0.25) is 9.89 Å². The Morgan fingerprint density at radius 3 is 2.74 bits per heavy atom. The molecule has 118 valence electrons. The summed E-state index contributed by atoms with van der Waals surface area (Å²) in [6.07, 6.45) is 6.41. The number of amides is 1. The average molecular weight is 307 g/mol. The third-order valence-corrected chi connectivity index (χ3v) is 5.09. The summed E-state index contributed by atoms with van der Waals surface area (Å²) in [5.74, 6) is 1.48. The van der Waals surface area contributed by atoms with Gasteiger partial charge in [-0.2, -0.15) is 5.10 Å². The summed E-state index contributed by atoms with van der Waals surface area (Å²) in [5, 5.41) is 10.5. The monoisotopic (exact) mass is 307 g/mol. The molecule has 2 N–H and O–H groups in total. The number of benzene rings is 1. The number of hydrogen-bond donors (Lipinski definition) is 2. The highest BCUT2D eigenvalue weighted by Crippen LogP contribution is 2.45. The average Bonchev–Trinajstić information content (AvgIpc) is 2.89. The maximum absolute atomic E-state index is 12.1. The fraction of sp³-hybridized carbons (Fsp3) is 0.368. The molecule has 1 atom stereocenters. The molecule has 1 aliphatic heterocycles. The van der Waals surface area contributed by atoms with Crippen molar-refractivity contribution >= 4 is 17.8 Å². The zero-order chi connectivity index (χ0) is 15.8. The van der Waals surface area contributed by atoms with Crippen molar-refractivity contribution in [2.45, 2.75) is 44.4 Å². The molecule has 4 rings (SSSR count). The highest BCUT2D eigenvalue weighted by molar-refractivity contribution is 5.94. The van der Waals surface area contributed by atoms with Gasteiger partial charge < -0.3 is 5.32 Å². The molecule has 1 amide bonds. The lowest BCUT2D eigenvalue weighted by Crippen LogP contribution is -2.24. The molecule has 0 bridgehead atoms. The topological polar surface area (TPSA) is 57.8 Å². The van der Waals surface area contributed by atoms with Crippen molar-refractivity contribution in [3.8, 4) is 0 Å². The van der Waals surface area contributed by atoms with Crippen molar-refractivity contribution in [2.24, 2.45) is 0 Å². The first-order valence-electron chi connectivity index (χ1n) is 8.33. The Morgan fingerprint density at radius 2 is 2.04 bits per heavy atom. The first kappa shape index (κ1) is 14.2. The summed E-state index contributed by atoms with van der Waals surface area (Å²) in [7, 11) is 0. The fourth-order valence-electron chi connectivity index (χ4n) is 3.59. The molecule has 0 saturated heterocycles. The quantitative estimate of drug-likeness (QED) is 0.892. The standard InChI is InChI=1S/C19H21N3O/c1-12(10-13-6-3-2-4-7-13)15-11-16(23)20-19-17(15)18(21-22-19)14-8-5-9-14/h2-4,6-7,10,14-15H,5,8-9,11H2,1H3,(H2,20,21,22,23)/b12-10+/t15-/m1/s1. The highest BCUT2D eigenvalue weighted by atomic mass is 16.1. The lowest BCUT2D eigenvalue weighted by atomic mass is 9.76. The molecule has 1 fully saturated rings. The van der Waals surface area contributed by atoms with Gasteiger partial charge in [-0.05, 0) is 25.3 Å². The van der Waals surface area contributed by atoms with E-state index >= 15 is 0 Å². The molecule has 1 aromatic carbocycles. The number of anilines is 1. The second-order valence-corrected chi connectivity index (χ2v) is 6.63. The predicted octanol–water partition coefficient (Wildman–Crippen LogP) is 4.21. The molecule has 2 aromatic rings. The van der Waals surface area contributed by atoms with Crippen LogP contribution < -0.4 is 5.32 Å². The van der Waals surface area contributed by atoms with Gasteiger partial charge in [0.05, 0.1) is 0 Å². The third-order valence-electron chi connectivity index (χ3n) is 5.09. The minimum absolute atomic E-state index is 0.0509. The molecular weight excluding hydrogens is 286 g/mol. The van der Waals surface area contributed by atoms with Crippen molar-refractivity contribution in [1.29, 1.82) is 0 Å². The molecular formula is C19H21N3O. The Labute approximate surface area is 136 Å². The molecule has 0 unspecified atom stereocenters. The summed E-state index contributed by atoms with van der Waals surface area (Å²) in [4.78, 5) is 12.1. The Bertz CT molecular complexity index is 756. The van der Waals surface area contributed by atoms with Crippen molar-refractivity contribution < 1.29 is 4.79 Å². The minimum atomic E-state index is 0.0509. The maximum Gasteiger partial charge on any atom is 0.226 e. The SMILES string of the molecule is C/C(=C\c1ccccc1)[C@H]1CC(=O)Nc2n[nH]c(C3CCC3)c21. The van der Waals surface area contributed by atoms with E-state index in [-0.39, 0.29) is 11.8 Å². The van der Waals surface area contributed by atoms with Crippen LogP contribution in [0.1, 0.15) is 61.3 Å². The van der Waals surface area contributed by atoms with Crippen molar-refractivity contribution in [3.05, 3.63) is 52.7 Å². The lowest BCUT2D eigenvalue weighted by molar-refractivity contribution is -0.116. The van der Waals surface area contributed by atoms with E-state index in [4.69, 9.17) is 0 Å². The zero-order valence-corrected chi connectivity index (χ0v) is 13.3. The first-order valence-corrected chi connectivity index (χ1v) is 8.33. The number of nitrogens with one attached hydrogen (secondary N) is 2. The predicted molar refractivity (Wildman–Crippen MR) is 91.3 cm³/mol. The number of hydrogen-bond acceptors (Lipinski definition) is 2. The van der Waals surface area contributed by atoms with Crippen LogP contribution in [0.25, 0.3) is 6.08 Å². The van der Waals surface area contributed by atoms with E-state index in [9.17, 15) is 4.79 Å². The van der Waals surface area contributed by atoms with Crippen LogP contribution in [-0.2, 0) is 4.79 Å². The van der Waals surface area contributed by atoms with Crippen LogP contribution in [0.5, 0.6) is 0 Å². The second kappa shape index (κ2) is 5.69. The molecule has 4 nitrogen and oxygen atoms in total. The van der Waals surface area contributed by atoms with Gasteiger partial charge in [0.25, 0.3) is 0 Å². The maximum atomic E-state index is 12.1. The molecule has 0 radical (unpaired) electrons. The largest absolute Gasteiger partial charge is 0.309 e. The molecule has 0 spiro atoms. The Kier molecular flexibility index (Phi) is 3.52. The summed E-state index contributed by atoms with van der Waals surface area (Å²) < 4.78 is 0. The Hall–Kier alpha value is -2.36. The van der Waals surface area contributed by atoms with E-state index in [1.165, 1.54) is 41.7 Å². The van der Waals surface area contributed by atoms with Crippen LogP contribution in [0.15, 0.2) is 35.9 Å². The molecule has 2 heterocycles. The van der Waals surface area contributed by atoms with Crippen molar-refractivity contribution in [1.82, 2.24) is 10.2 Å². The molecule has 1 saturated carbocycles. The van der Waals surface area contributed by atoms with Gasteiger partial charge in [0.2, 0.25) is 5.91 Å². The van der Waals surface area contributed by atoms with Gasteiger partial charge in [0.15, 0.2) is 5.82 Å². The van der Waals surface area contributed by atoms with Gasteiger partial charge in [-0.15, -0.1) is 0 Å². The summed E-state index contributed by atoms with van der Waals surface area (Å²) in [6.45, 7) is 2.12. The Balaban J connectivity index is 1.73. The lowest BCUT2D eigenvalue weighted by Gasteiger charge is -2.29. The van der Waals surface area contributed by atoms with E-state index in [2.05, 4.69) is 40.6 Å². The van der Waals surface area contributed by atoms with Crippen LogP contribution in [0.4, 0.5) is 5.82 Å². The van der Waals surface area contributed by atoms with Gasteiger partial charge in [-0.1, -0.05) is 48.4 Å². The normalized spacial score (nSPS) is 21.5. The van der Waals surface area contributed by atoms with E-state index in [1.807, 2.05) is 18.2 Å². The highest BCUT2D eigenvalue weighted by Gasteiger charge is 2.35. The second-order valence-electron chi connectivity index (χ2n) is 6.63. The molecule has 23 heavy (non-hydrogen) atoms. The van der Waals surface area contributed by atoms with Crippen molar-refractivity contribution in [2.75, 3.05) is 5.32 Å². The minimum Gasteiger partial charge on any atom is -0.309 e. The van der Waals surface area contributed by atoms with Gasteiger partial charge in [-0.25, -0.2) is 0 Å². The van der Waals surface area contributed by atoms with E-state index in [0.717, 1.165) is 5.82 Å². The van der Waals surface area contributed by atoms with Crippen molar-refractivity contribution in [3.63, 3.8) is 0 Å². The summed E-state index contributed by atoms with van der Waals surface area (Å²) in [6, 6.07) is 10.3. The number of allylic oxidation sites excluding steroid dienone is 1. The fourth-order valence-corrected chi connectivity index (χ4v) is 3.59. The van der Waals surface area contributed by atoms with Gasteiger partial charge >= 0.3 is 0 Å². The van der Waals surface area contributed by atoms with Crippen LogP contribution in [0.3, 0.4) is 0 Å². The number of carbonyl (C=O) groups excluding carboxylic acids is 1. The van der Waals surface area contributed by atoms with E-state index < -0.39 is 0 Å². The number of H-pyrrole nitrogens is 1. The number of fused-ring (bicyclic) bond motifs is 1. The van der Waals surface area contributed by atoms with Crippen LogP contribution >= 0.6 is 0 Å². The first-order chi connectivity index (χ1) is 11.2. The number of nitrogens with zero attached hydrogens (tertiary/aromatic N) is 1. The van der Waals surface area contributed by atoms with Crippen LogP contribution in [-0.4, -0.2) is 16.1 Å². The molecule has 1 aromatic heterocycles. The van der Waals surface area contributed by atoms with Gasteiger partial charge in [0, 0.05) is 29.5 Å². The number of aromatic amines is 1. The van der Waals surface area contributed by atoms with Crippen LogP contribution in [0, 0.1) is 0 Å². The van der Waals surface area contributed by atoms with Crippen LogP contribution in [0.2, 0.25) is 0 Å². The zero-order valence-electron chi connectivity index (χ0n) is 13.3. The number of carbonyl (C=O) groups is 1. The molecule has 2 aliphatic rings.